The summed E-state index contributed by atoms with van der Waals surface area (Å²) in [5.41, 5.74) is 0.951. The molecule has 0 atom stereocenters. The van der Waals surface area contributed by atoms with E-state index in [1.165, 1.54) is 12.1 Å². The van der Waals surface area contributed by atoms with Crippen molar-refractivity contribution < 1.29 is 19.4 Å². The van der Waals surface area contributed by atoms with E-state index in [0.29, 0.717) is 17.9 Å². The second kappa shape index (κ2) is 6.38. The van der Waals surface area contributed by atoms with Gasteiger partial charge in [-0.1, -0.05) is 0 Å². The predicted octanol–water partition coefficient (Wildman–Crippen LogP) is 2.24. The van der Waals surface area contributed by atoms with E-state index in [-0.39, 0.29) is 11.6 Å². The minimum atomic E-state index is -0.995. The molecule has 6 nitrogen and oxygen atoms in total. The molecule has 0 aliphatic heterocycles. The van der Waals surface area contributed by atoms with Crippen LogP contribution in [-0.4, -0.2) is 36.4 Å². The molecule has 3 N–H and O–H groups in total. The smallest absolute Gasteiger partial charge is 0.335 e. The van der Waals surface area contributed by atoms with Crippen molar-refractivity contribution in [1.29, 1.82) is 0 Å². The highest BCUT2D eigenvalue weighted by molar-refractivity contribution is 5.92. The highest BCUT2D eigenvalue weighted by Crippen LogP contribution is 2.16. The minimum absolute atomic E-state index is 0.188. The van der Waals surface area contributed by atoms with Gasteiger partial charge in [-0.2, -0.15) is 0 Å². The van der Waals surface area contributed by atoms with Gasteiger partial charge >= 0.3 is 12.0 Å². The van der Waals surface area contributed by atoms with Gasteiger partial charge in [0.15, 0.2) is 0 Å². The van der Waals surface area contributed by atoms with Crippen molar-refractivity contribution in [2.75, 3.05) is 19.0 Å². The van der Waals surface area contributed by atoms with Crippen LogP contribution in [0.2, 0.25) is 0 Å². The number of nitrogens with one attached hydrogen (secondary N) is 2. The lowest BCUT2D eigenvalue weighted by Crippen LogP contribution is -2.48. The predicted molar refractivity (Wildman–Crippen MR) is 76.2 cm³/mol. The van der Waals surface area contributed by atoms with Crippen LogP contribution in [0, 0.1) is 6.92 Å². The first-order valence-corrected chi connectivity index (χ1v) is 6.17. The number of hydrogen-bond donors (Lipinski definition) is 3. The van der Waals surface area contributed by atoms with Crippen LogP contribution in [0.25, 0.3) is 0 Å². The average Bonchev–Trinajstić information content (AvgIpc) is 2.30. The molecular weight excluding hydrogens is 260 g/mol. The summed E-state index contributed by atoms with van der Waals surface area (Å²) in [7, 11) is 1.57. The lowest BCUT2D eigenvalue weighted by atomic mass is 10.1. The van der Waals surface area contributed by atoms with Gasteiger partial charge < -0.3 is 20.5 Å². The van der Waals surface area contributed by atoms with Crippen LogP contribution < -0.4 is 10.6 Å². The van der Waals surface area contributed by atoms with Gasteiger partial charge in [-0.05, 0) is 44.5 Å². The third kappa shape index (κ3) is 4.55. The quantitative estimate of drug-likeness (QED) is 0.772. The Morgan fingerprint density at radius 1 is 1.35 bits per heavy atom. The van der Waals surface area contributed by atoms with Crippen molar-refractivity contribution in [2.45, 2.75) is 26.3 Å². The van der Waals surface area contributed by atoms with Gasteiger partial charge in [0.2, 0.25) is 0 Å². The number of carbonyl (C=O) groups excluding carboxylic acids is 1. The molecule has 1 aromatic carbocycles. The molecule has 0 aliphatic carbocycles. The van der Waals surface area contributed by atoms with Crippen molar-refractivity contribution in [3.05, 3.63) is 29.3 Å². The third-order valence-electron chi connectivity index (χ3n) is 2.68. The number of amides is 2. The average molecular weight is 280 g/mol. The molecule has 6 heteroatoms. The third-order valence-corrected chi connectivity index (χ3v) is 2.68. The number of benzene rings is 1. The molecule has 0 spiro atoms. The maximum atomic E-state index is 11.9. The maximum absolute atomic E-state index is 11.9. The summed E-state index contributed by atoms with van der Waals surface area (Å²) in [5.74, 6) is -0.995. The van der Waals surface area contributed by atoms with Gasteiger partial charge in [-0.3, -0.25) is 0 Å². The molecule has 0 fully saturated rings. The number of aromatic carboxylic acids is 1. The summed E-state index contributed by atoms with van der Waals surface area (Å²) in [5, 5.41) is 14.4. The maximum Gasteiger partial charge on any atom is 0.335 e. The van der Waals surface area contributed by atoms with Crippen molar-refractivity contribution in [2.24, 2.45) is 0 Å². The molecule has 1 rings (SSSR count). The summed E-state index contributed by atoms with van der Waals surface area (Å²) >= 11 is 0. The summed E-state index contributed by atoms with van der Waals surface area (Å²) in [4.78, 5) is 22.7. The van der Waals surface area contributed by atoms with E-state index < -0.39 is 11.5 Å². The van der Waals surface area contributed by atoms with Crippen LogP contribution in [0.15, 0.2) is 18.2 Å². The number of methoxy groups -OCH3 is 1. The Labute approximate surface area is 118 Å². The number of carbonyl (C=O) groups is 2. The number of aryl methyl sites for hydroxylation is 1. The van der Waals surface area contributed by atoms with Gasteiger partial charge in [0.1, 0.15) is 0 Å². The summed E-state index contributed by atoms with van der Waals surface area (Å²) in [6.45, 7) is 5.81. The van der Waals surface area contributed by atoms with E-state index in [4.69, 9.17) is 9.84 Å². The molecule has 110 valence electrons. The van der Waals surface area contributed by atoms with Crippen molar-refractivity contribution >= 4 is 17.7 Å². The highest BCUT2D eigenvalue weighted by Gasteiger charge is 2.20. The van der Waals surface area contributed by atoms with Crippen LogP contribution >= 0.6 is 0 Å². The fraction of sp³-hybridized carbons (Fsp3) is 0.429. The molecule has 0 saturated carbocycles. The van der Waals surface area contributed by atoms with E-state index in [0.717, 1.165) is 0 Å². The number of urea groups is 1. The lowest BCUT2D eigenvalue weighted by molar-refractivity contribution is 0.0697. The largest absolute Gasteiger partial charge is 0.478 e. The monoisotopic (exact) mass is 280 g/mol. The van der Waals surface area contributed by atoms with Gasteiger partial charge in [-0.15, -0.1) is 0 Å². The highest BCUT2D eigenvalue weighted by atomic mass is 16.5. The van der Waals surface area contributed by atoms with E-state index in [9.17, 15) is 9.59 Å². The Balaban J connectivity index is 2.74. The zero-order valence-corrected chi connectivity index (χ0v) is 12.1. The molecule has 0 aliphatic rings. The van der Waals surface area contributed by atoms with E-state index in [1.54, 1.807) is 20.1 Å². The fourth-order valence-electron chi connectivity index (χ4n) is 1.79. The zero-order valence-electron chi connectivity index (χ0n) is 12.1. The van der Waals surface area contributed by atoms with Crippen molar-refractivity contribution in [3.63, 3.8) is 0 Å². The Hall–Kier alpha value is -2.08. The zero-order chi connectivity index (χ0) is 15.3. The Bertz CT molecular complexity index is 512. The normalized spacial score (nSPS) is 11.0. The molecule has 0 bridgehead atoms. The summed E-state index contributed by atoms with van der Waals surface area (Å²) in [6, 6.07) is 4.17. The Morgan fingerprint density at radius 2 is 2.00 bits per heavy atom. The van der Waals surface area contributed by atoms with Crippen molar-refractivity contribution in [1.82, 2.24) is 5.32 Å². The molecule has 2 amide bonds. The summed E-state index contributed by atoms with van der Waals surface area (Å²) in [6.07, 6.45) is 0. The van der Waals surface area contributed by atoms with Gasteiger partial charge in [-0.25, -0.2) is 9.59 Å². The van der Waals surface area contributed by atoms with Crippen LogP contribution in [-0.2, 0) is 4.74 Å². The molecule has 0 unspecified atom stereocenters. The van der Waals surface area contributed by atoms with Crippen LogP contribution in [0.1, 0.15) is 29.8 Å². The number of carboxylic acid groups (broad SMARTS) is 1. The lowest BCUT2D eigenvalue weighted by Gasteiger charge is -2.25. The van der Waals surface area contributed by atoms with E-state index in [1.807, 2.05) is 13.8 Å². The SMILES string of the molecule is COCC(C)(C)NC(=O)Nc1ccc(C(=O)O)cc1C. The Morgan fingerprint density at radius 3 is 2.50 bits per heavy atom. The van der Waals surface area contributed by atoms with Crippen LogP contribution in [0.4, 0.5) is 10.5 Å². The molecule has 1 aromatic rings. The number of ether oxygens (including phenoxy) is 1. The number of rotatable bonds is 5. The standard InChI is InChI=1S/C14H20N2O4/c1-9-7-10(12(17)18)5-6-11(9)15-13(19)16-14(2,3)8-20-4/h5-7H,8H2,1-4H3,(H,17,18)(H2,15,16,19). The Kier molecular flexibility index (Phi) is 5.10. The topological polar surface area (TPSA) is 87.7 Å². The molecular formula is C14H20N2O4. The second-order valence-electron chi connectivity index (χ2n) is 5.23. The van der Waals surface area contributed by atoms with E-state index in [2.05, 4.69) is 10.6 Å². The number of carboxylic acids is 1. The molecule has 0 heterocycles. The second-order valence-corrected chi connectivity index (χ2v) is 5.23. The molecule has 0 radical (unpaired) electrons. The first-order valence-electron chi connectivity index (χ1n) is 6.17. The molecule has 0 aromatic heterocycles. The minimum Gasteiger partial charge on any atom is -0.478 e. The van der Waals surface area contributed by atoms with Gasteiger partial charge in [0.25, 0.3) is 0 Å². The van der Waals surface area contributed by atoms with E-state index >= 15 is 0 Å². The fourth-order valence-corrected chi connectivity index (χ4v) is 1.79. The first-order chi connectivity index (χ1) is 9.25. The number of anilines is 1. The molecule has 20 heavy (non-hydrogen) atoms. The van der Waals surface area contributed by atoms with Crippen LogP contribution in [0.3, 0.4) is 0 Å². The van der Waals surface area contributed by atoms with Crippen LogP contribution in [0.5, 0.6) is 0 Å². The van der Waals surface area contributed by atoms with Crippen molar-refractivity contribution in [3.8, 4) is 0 Å². The first kappa shape index (κ1) is 16.0. The summed E-state index contributed by atoms with van der Waals surface area (Å²) < 4.78 is 5.02. The van der Waals surface area contributed by atoms with Gasteiger partial charge in [0.05, 0.1) is 17.7 Å². The number of hydrogen-bond acceptors (Lipinski definition) is 3. The molecule has 0 saturated heterocycles. The van der Waals surface area contributed by atoms with Gasteiger partial charge in [0, 0.05) is 12.8 Å².